The average Bonchev–Trinajstić information content (AvgIpc) is 2.76. The monoisotopic (exact) mass is 391 g/mol. The van der Waals surface area contributed by atoms with Crippen molar-refractivity contribution in [2.24, 2.45) is 0 Å². The molecule has 7 nitrogen and oxygen atoms in total. The van der Waals surface area contributed by atoms with Crippen molar-refractivity contribution in [2.75, 3.05) is 24.4 Å². The number of anilines is 3. The first kappa shape index (κ1) is 19.9. The molecular formula is C22H21N3O4. The molecule has 0 saturated carbocycles. The summed E-state index contributed by atoms with van der Waals surface area (Å²) in [7, 11) is 1.32. The summed E-state index contributed by atoms with van der Waals surface area (Å²) in [6.45, 7) is 2.48. The Hall–Kier alpha value is -3.87. The Morgan fingerprint density at radius 2 is 1.69 bits per heavy atom. The van der Waals surface area contributed by atoms with Gasteiger partial charge >= 0.3 is 5.97 Å². The number of carbonyl (C=O) groups excluding carboxylic acids is 2. The van der Waals surface area contributed by atoms with Crippen molar-refractivity contribution in [1.82, 2.24) is 4.98 Å². The number of aromatic nitrogens is 1. The first-order valence-electron chi connectivity index (χ1n) is 9.05. The van der Waals surface area contributed by atoms with Gasteiger partial charge in [-0.15, -0.1) is 0 Å². The zero-order chi connectivity index (χ0) is 20.6. The molecule has 0 aliphatic heterocycles. The van der Waals surface area contributed by atoms with Crippen molar-refractivity contribution < 1.29 is 19.1 Å². The van der Waals surface area contributed by atoms with E-state index in [0.29, 0.717) is 29.2 Å². The standard InChI is InChI=1S/C22H21N3O4/c1-3-29-19-7-5-4-6-18(19)25-20-13-10-16(14-23-20)21(26)24-17-11-8-15(9-12-17)22(27)28-2/h4-14H,3H2,1-2H3,(H,23,25)(H,24,26). The first-order chi connectivity index (χ1) is 14.1. The van der Waals surface area contributed by atoms with E-state index in [1.165, 1.54) is 13.3 Å². The van der Waals surface area contributed by atoms with Crippen molar-refractivity contribution in [3.63, 3.8) is 0 Å². The predicted octanol–water partition coefficient (Wildman–Crippen LogP) is 4.26. The maximum absolute atomic E-state index is 12.4. The average molecular weight is 391 g/mol. The Bertz CT molecular complexity index is 986. The molecule has 1 aromatic heterocycles. The molecule has 1 amide bonds. The molecule has 0 radical (unpaired) electrons. The molecule has 0 atom stereocenters. The number of rotatable bonds is 7. The minimum atomic E-state index is -0.430. The smallest absolute Gasteiger partial charge is 0.337 e. The molecule has 148 valence electrons. The van der Waals surface area contributed by atoms with Crippen LogP contribution in [0.2, 0.25) is 0 Å². The van der Waals surface area contributed by atoms with Gasteiger partial charge in [0.2, 0.25) is 0 Å². The lowest BCUT2D eigenvalue weighted by atomic mass is 10.2. The van der Waals surface area contributed by atoms with E-state index in [2.05, 4.69) is 20.4 Å². The molecule has 1 heterocycles. The van der Waals surface area contributed by atoms with Gasteiger partial charge in [-0.3, -0.25) is 4.79 Å². The van der Waals surface area contributed by atoms with Crippen molar-refractivity contribution in [1.29, 1.82) is 0 Å². The topological polar surface area (TPSA) is 89.6 Å². The largest absolute Gasteiger partial charge is 0.492 e. The van der Waals surface area contributed by atoms with Crippen molar-refractivity contribution in [3.05, 3.63) is 78.0 Å². The third-order valence-electron chi connectivity index (χ3n) is 4.04. The number of amides is 1. The van der Waals surface area contributed by atoms with Crippen LogP contribution < -0.4 is 15.4 Å². The number of hydrogen-bond donors (Lipinski definition) is 2. The van der Waals surface area contributed by atoms with Gasteiger partial charge in [-0.2, -0.15) is 0 Å². The Labute approximate surface area is 168 Å². The fraction of sp³-hybridized carbons (Fsp3) is 0.136. The van der Waals surface area contributed by atoms with E-state index in [1.54, 1.807) is 36.4 Å². The van der Waals surface area contributed by atoms with Gasteiger partial charge < -0.3 is 20.1 Å². The summed E-state index contributed by atoms with van der Waals surface area (Å²) in [5, 5.41) is 5.95. The molecule has 29 heavy (non-hydrogen) atoms. The molecule has 0 unspecified atom stereocenters. The zero-order valence-corrected chi connectivity index (χ0v) is 16.1. The third-order valence-corrected chi connectivity index (χ3v) is 4.04. The number of ether oxygens (including phenoxy) is 2. The van der Waals surface area contributed by atoms with Gasteiger partial charge in [0.15, 0.2) is 0 Å². The van der Waals surface area contributed by atoms with Gasteiger partial charge in [0.1, 0.15) is 11.6 Å². The number of nitrogens with one attached hydrogen (secondary N) is 2. The summed E-state index contributed by atoms with van der Waals surface area (Å²) in [5.41, 5.74) is 2.18. The summed E-state index contributed by atoms with van der Waals surface area (Å²) in [6.07, 6.45) is 1.49. The lowest BCUT2D eigenvalue weighted by Crippen LogP contribution is -2.12. The highest BCUT2D eigenvalue weighted by Crippen LogP contribution is 2.26. The van der Waals surface area contributed by atoms with Crippen LogP contribution in [0.5, 0.6) is 5.75 Å². The van der Waals surface area contributed by atoms with E-state index in [0.717, 1.165) is 11.4 Å². The lowest BCUT2D eigenvalue weighted by Gasteiger charge is -2.12. The minimum Gasteiger partial charge on any atom is -0.492 e. The van der Waals surface area contributed by atoms with E-state index in [-0.39, 0.29) is 5.91 Å². The van der Waals surface area contributed by atoms with Gasteiger partial charge in [0.25, 0.3) is 5.91 Å². The van der Waals surface area contributed by atoms with E-state index >= 15 is 0 Å². The second-order valence-electron chi connectivity index (χ2n) is 6.01. The summed E-state index contributed by atoms with van der Waals surface area (Å²) in [6, 6.07) is 17.4. The van der Waals surface area contributed by atoms with Gasteiger partial charge in [0.05, 0.1) is 30.5 Å². The molecule has 0 bridgehead atoms. The van der Waals surface area contributed by atoms with Crippen LogP contribution in [0.1, 0.15) is 27.6 Å². The number of carbonyl (C=O) groups is 2. The van der Waals surface area contributed by atoms with Crippen LogP contribution in [0, 0.1) is 0 Å². The second kappa shape index (κ2) is 9.36. The molecule has 0 spiro atoms. The fourth-order valence-electron chi connectivity index (χ4n) is 2.60. The van der Waals surface area contributed by atoms with E-state index in [9.17, 15) is 9.59 Å². The second-order valence-corrected chi connectivity index (χ2v) is 6.01. The maximum atomic E-state index is 12.4. The number of pyridine rings is 1. The van der Waals surface area contributed by atoms with Gasteiger partial charge in [-0.1, -0.05) is 12.1 Å². The molecule has 3 rings (SSSR count). The molecule has 7 heteroatoms. The normalized spacial score (nSPS) is 10.1. The first-order valence-corrected chi connectivity index (χ1v) is 9.05. The van der Waals surface area contributed by atoms with E-state index in [4.69, 9.17) is 4.74 Å². The van der Waals surface area contributed by atoms with Crippen molar-refractivity contribution in [3.8, 4) is 5.75 Å². The zero-order valence-electron chi connectivity index (χ0n) is 16.1. The van der Waals surface area contributed by atoms with Gasteiger partial charge in [0, 0.05) is 11.9 Å². The van der Waals surface area contributed by atoms with Crippen molar-refractivity contribution in [2.45, 2.75) is 6.92 Å². The number of nitrogens with zero attached hydrogens (tertiary/aromatic N) is 1. The Balaban J connectivity index is 1.65. The van der Waals surface area contributed by atoms with Gasteiger partial charge in [-0.05, 0) is 55.5 Å². The molecular weight excluding hydrogens is 370 g/mol. The van der Waals surface area contributed by atoms with Crippen molar-refractivity contribution >= 4 is 29.1 Å². The highest BCUT2D eigenvalue weighted by atomic mass is 16.5. The fourth-order valence-corrected chi connectivity index (χ4v) is 2.60. The third kappa shape index (κ3) is 5.10. The Morgan fingerprint density at radius 1 is 0.966 bits per heavy atom. The summed E-state index contributed by atoms with van der Waals surface area (Å²) < 4.78 is 10.2. The highest BCUT2D eigenvalue weighted by Gasteiger charge is 2.10. The van der Waals surface area contributed by atoms with E-state index < -0.39 is 5.97 Å². The van der Waals surface area contributed by atoms with Crippen LogP contribution in [-0.2, 0) is 4.74 Å². The summed E-state index contributed by atoms with van der Waals surface area (Å²) in [5.74, 6) is 0.593. The molecule has 0 fully saturated rings. The molecule has 2 aromatic carbocycles. The van der Waals surface area contributed by atoms with Gasteiger partial charge in [-0.25, -0.2) is 9.78 Å². The summed E-state index contributed by atoms with van der Waals surface area (Å²) >= 11 is 0. The van der Waals surface area contributed by atoms with Crippen LogP contribution >= 0.6 is 0 Å². The molecule has 0 aliphatic rings. The number of methoxy groups -OCH3 is 1. The minimum absolute atomic E-state index is 0.301. The van der Waals surface area contributed by atoms with Crippen LogP contribution in [0.3, 0.4) is 0 Å². The molecule has 3 aromatic rings. The van der Waals surface area contributed by atoms with Crippen LogP contribution in [0.25, 0.3) is 0 Å². The van der Waals surface area contributed by atoms with Crippen LogP contribution in [0.15, 0.2) is 66.9 Å². The number of hydrogen-bond acceptors (Lipinski definition) is 6. The number of benzene rings is 2. The SMILES string of the molecule is CCOc1ccccc1Nc1ccc(C(=O)Nc2ccc(C(=O)OC)cc2)cn1. The quantitative estimate of drug-likeness (QED) is 0.585. The van der Waals surface area contributed by atoms with Crippen LogP contribution in [-0.4, -0.2) is 30.6 Å². The predicted molar refractivity (Wildman–Crippen MR) is 111 cm³/mol. The molecule has 2 N–H and O–H groups in total. The van der Waals surface area contributed by atoms with Crippen LogP contribution in [0.4, 0.5) is 17.2 Å². The number of esters is 1. The number of para-hydroxylation sites is 2. The highest BCUT2D eigenvalue weighted by molar-refractivity contribution is 6.04. The Morgan fingerprint density at radius 3 is 2.34 bits per heavy atom. The maximum Gasteiger partial charge on any atom is 0.337 e. The Kier molecular flexibility index (Phi) is 6.42. The lowest BCUT2D eigenvalue weighted by molar-refractivity contribution is 0.0600. The summed E-state index contributed by atoms with van der Waals surface area (Å²) in [4.78, 5) is 28.2. The van der Waals surface area contributed by atoms with E-state index in [1.807, 2.05) is 31.2 Å². The molecule has 0 aliphatic carbocycles. The molecule has 0 saturated heterocycles.